The number of rotatable bonds is 3. The summed E-state index contributed by atoms with van der Waals surface area (Å²) in [5.41, 5.74) is -0.306. The fourth-order valence-corrected chi connectivity index (χ4v) is 1.72. The number of nitrogens with one attached hydrogen (secondary N) is 1. The van der Waals surface area contributed by atoms with Crippen LogP contribution in [0.4, 0.5) is 0 Å². The molecule has 0 aromatic carbocycles. The van der Waals surface area contributed by atoms with Crippen molar-refractivity contribution in [3.63, 3.8) is 0 Å². The molecule has 1 aromatic heterocycles. The number of pyridine rings is 1. The minimum atomic E-state index is -0.926. The maximum absolute atomic E-state index is 10.2. The number of β-amino-alcohol motifs (C(OH)–C–C–N with tert-alkyl or cyclic N) is 1. The first-order chi connectivity index (χ1) is 7.21. The van der Waals surface area contributed by atoms with E-state index in [0.717, 1.165) is 0 Å². The first-order valence-electron chi connectivity index (χ1n) is 4.72. The van der Waals surface area contributed by atoms with Gasteiger partial charge in [-0.3, -0.25) is 0 Å². The number of aromatic nitrogens is 1. The molecular weight excluding hydrogens is 196 g/mol. The summed E-state index contributed by atoms with van der Waals surface area (Å²) >= 11 is 0. The molecule has 2 N–H and O–H groups in total. The zero-order valence-electron chi connectivity index (χ0n) is 8.78. The Morgan fingerprint density at radius 3 is 2.60 bits per heavy atom. The number of aliphatic hydroxyl groups is 1. The molecule has 2 heterocycles. The molecule has 0 aliphatic carbocycles. The van der Waals surface area contributed by atoms with E-state index in [9.17, 15) is 5.11 Å². The fraction of sp³-hybridized carbons (Fsp3) is 0.500. The van der Waals surface area contributed by atoms with Gasteiger partial charge in [-0.05, 0) is 6.07 Å². The molecule has 15 heavy (non-hydrogen) atoms. The van der Waals surface area contributed by atoms with E-state index in [1.54, 1.807) is 19.4 Å². The molecule has 0 amide bonds. The van der Waals surface area contributed by atoms with Gasteiger partial charge >= 0.3 is 0 Å². The van der Waals surface area contributed by atoms with Crippen LogP contribution in [0.1, 0.15) is 5.56 Å². The molecule has 0 spiro atoms. The fourth-order valence-electron chi connectivity index (χ4n) is 1.72. The van der Waals surface area contributed by atoms with Gasteiger partial charge in [0, 0.05) is 19.3 Å². The van der Waals surface area contributed by atoms with Crippen LogP contribution < -0.4 is 14.8 Å². The molecule has 0 saturated carbocycles. The van der Waals surface area contributed by atoms with Crippen LogP contribution in [0.15, 0.2) is 12.3 Å². The third kappa shape index (κ3) is 1.53. The average Bonchev–Trinajstić information content (AvgIpc) is 2.24. The summed E-state index contributed by atoms with van der Waals surface area (Å²) in [7, 11) is 3.09. The van der Waals surface area contributed by atoms with Crippen molar-refractivity contribution < 1.29 is 14.6 Å². The van der Waals surface area contributed by atoms with Crippen molar-refractivity contribution in [2.24, 2.45) is 0 Å². The summed E-state index contributed by atoms with van der Waals surface area (Å²) in [5.74, 6) is 1.02. The van der Waals surface area contributed by atoms with Crippen molar-refractivity contribution in [3.05, 3.63) is 17.8 Å². The second-order valence-electron chi connectivity index (χ2n) is 3.53. The first kappa shape index (κ1) is 10.2. The van der Waals surface area contributed by atoms with Crippen LogP contribution in [0.2, 0.25) is 0 Å². The van der Waals surface area contributed by atoms with E-state index in [0.29, 0.717) is 30.3 Å². The van der Waals surface area contributed by atoms with Crippen LogP contribution in [0.3, 0.4) is 0 Å². The normalized spacial score (nSPS) is 18.1. The van der Waals surface area contributed by atoms with E-state index in [1.165, 1.54) is 7.11 Å². The molecule has 1 aliphatic heterocycles. The van der Waals surface area contributed by atoms with E-state index in [-0.39, 0.29) is 0 Å². The highest BCUT2D eigenvalue weighted by molar-refractivity contribution is 5.46. The lowest BCUT2D eigenvalue weighted by molar-refractivity contribution is -0.0188. The lowest BCUT2D eigenvalue weighted by Crippen LogP contribution is -2.57. The predicted molar refractivity (Wildman–Crippen MR) is 54.1 cm³/mol. The molecule has 0 unspecified atom stereocenters. The Kier molecular flexibility index (Phi) is 2.50. The van der Waals surface area contributed by atoms with Crippen LogP contribution in [0.5, 0.6) is 11.6 Å². The van der Waals surface area contributed by atoms with E-state index in [2.05, 4.69) is 10.3 Å². The highest BCUT2D eigenvalue weighted by Crippen LogP contribution is 2.38. The topological polar surface area (TPSA) is 63.6 Å². The molecule has 0 atom stereocenters. The Morgan fingerprint density at radius 1 is 1.40 bits per heavy atom. The smallest absolute Gasteiger partial charge is 0.223 e. The molecule has 1 aromatic rings. The quantitative estimate of drug-likeness (QED) is 0.728. The van der Waals surface area contributed by atoms with Gasteiger partial charge in [0.1, 0.15) is 11.4 Å². The Balaban J connectivity index is 2.50. The van der Waals surface area contributed by atoms with Gasteiger partial charge in [0.25, 0.3) is 0 Å². The first-order valence-corrected chi connectivity index (χ1v) is 4.72. The molecule has 5 nitrogen and oxygen atoms in total. The molecule has 1 aliphatic rings. The Labute approximate surface area is 88.0 Å². The molecule has 2 rings (SSSR count). The monoisotopic (exact) mass is 210 g/mol. The third-order valence-electron chi connectivity index (χ3n) is 2.59. The standard InChI is InChI=1S/C10H14N2O3/c1-14-7-3-4-12-9(15-2)8(7)10(13)5-11-6-10/h3-4,11,13H,5-6H2,1-2H3. The maximum atomic E-state index is 10.2. The number of nitrogens with zero attached hydrogens (tertiary/aromatic N) is 1. The lowest BCUT2D eigenvalue weighted by Gasteiger charge is -2.38. The van der Waals surface area contributed by atoms with Crippen LogP contribution in [-0.4, -0.2) is 37.4 Å². The molecule has 1 saturated heterocycles. The molecule has 1 fully saturated rings. The number of hydrogen-bond donors (Lipinski definition) is 2. The molecule has 5 heteroatoms. The van der Waals surface area contributed by atoms with Gasteiger partial charge < -0.3 is 19.9 Å². The molecule has 82 valence electrons. The van der Waals surface area contributed by atoms with Gasteiger partial charge in [-0.2, -0.15) is 0 Å². The van der Waals surface area contributed by atoms with Gasteiger partial charge in [0.15, 0.2) is 0 Å². The summed E-state index contributed by atoms with van der Waals surface area (Å²) in [6.07, 6.45) is 1.59. The summed E-state index contributed by atoms with van der Waals surface area (Å²) in [5, 5.41) is 13.3. The van der Waals surface area contributed by atoms with Crippen molar-refractivity contribution in [3.8, 4) is 11.6 Å². The van der Waals surface area contributed by atoms with Gasteiger partial charge in [0.05, 0.1) is 19.8 Å². The second kappa shape index (κ2) is 3.67. The van der Waals surface area contributed by atoms with Crippen LogP contribution in [0, 0.1) is 0 Å². The van der Waals surface area contributed by atoms with E-state index in [4.69, 9.17) is 9.47 Å². The minimum absolute atomic E-state index is 0.415. The zero-order valence-corrected chi connectivity index (χ0v) is 8.78. The van der Waals surface area contributed by atoms with Crippen LogP contribution in [0.25, 0.3) is 0 Å². The van der Waals surface area contributed by atoms with Crippen LogP contribution >= 0.6 is 0 Å². The van der Waals surface area contributed by atoms with E-state index < -0.39 is 5.60 Å². The van der Waals surface area contributed by atoms with E-state index >= 15 is 0 Å². The van der Waals surface area contributed by atoms with Gasteiger partial charge in [0.2, 0.25) is 5.88 Å². The van der Waals surface area contributed by atoms with Crippen molar-refractivity contribution in [2.75, 3.05) is 27.3 Å². The third-order valence-corrected chi connectivity index (χ3v) is 2.59. The molecule has 0 bridgehead atoms. The summed E-state index contributed by atoms with van der Waals surface area (Å²) in [6.45, 7) is 0.983. The van der Waals surface area contributed by atoms with Crippen molar-refractivity contribution in [1.29, 1.82) is 0 Å². The van der Waals surface area contributed by atoms with Gasteiger partial charge in [-0.25, -0.2) is 4.98 Å². The van der Waals surface area contributed by atoms with Crippen molar-refractivity contribution in [1.82, 2.24) is 10.3 Å². The number of hydrogen-bond acceptors (Lipinski definition) is 5. The summed E-state index contributed by atoms with van der Waals surface area (Å²) in [4.78, 5) is 4.06. The van der Waals surface area contributed by atoms with E-state index in [1.807, 2.05) is 0 Å². The zero-order chi connectivity index (χ0) is 10.9. The summed E-state index contributed by atoms with van der Waals surface area (Å²) in [6, 6.07) is 1.72. The van der Waals surface area contributed by atoms with Crippen LogP contribution in [-0.2, 0) is 5.60 Å². The highest BCUT2D eigenvalue weighted by Gasteiger charge is 2.41. The predicted octanol–water partition coefficient (Wildman–Crippen LogP) is -0.110. The Hall–Kier alpha value is -1.33. The largest absolute Gasteiger partial charge is 0.496 e. The average molecular weight is 210 g/mol. The van der Waals surface area contributed by atoms with Crippen molar-refractivity contribution in [2.45, 2.75) is 5.60 Å². The maximum Gasteiger partial charge on any atom is 0.223 e. The Bertz CT molecular complexity index is 341. The van der Waals surface area contributed by atoms with Gasteiger partial charge in [-0.15, -0.1) is 0 Å². The Morgan fingerprint density at radius 2 is 2.13 bits per heavy atom. The number of ether oxygens (including phenoxy) is 2. The summed E-state index contributed by atoms with van der Waals surface area (Å²) < 4.78 is 10.3. The van der Waals surface area contributed by atoms with Crippen molar-refractivity contribution >= 4 is 0 Å². The minimum Gasteiger partial charge on any atom is -0.496 e. The molecular formula is C10H14N2O3. The molecule has 0 radical (unpaired) electrons. The highest BCUT2D eigenvalue weighted by atomic mass is 16.5. The number of methoxy groups -OCH3 is 2. The lowest BCUT2D eigenvalue weighted by atomic mass is 9.88. The van der Waals surface area contributed by atoms with Gasteiger partial charge in [-0.1, -0.05) is 0 Å². The second-order valence-corrected chi connectivity index (χ2v) is 3.53. The SMILES string of the molecule is COc1ccnc(OC)c1C1(O)CNC1.